The first-order valence-corrected chi connectivity index (χ1v) is 4.64. The van der Waals surface area contributed by atoms with Gasteiger partial charge in [-0.25, -0.2) is 4.98 Å². The smallest absolute Gasteiger partial charge is 0.305 e. The molecule has 0 spiro atoms. The second kappa shape index (κ2) is 5.20. The van der Waals surface area contributed by atoms with E-state index in [0.29, 0.717) is 0 Å². The Morgan fingerprint density at radius 1 is 1.56 bits per heavy atom. The van der Waals surface area contributed by atoms with Crippen LogP contribution in [0.3, 0.4) is 0 Å². The maximum absolute atomic E-state index is 12.7. The highest BCUT2D eigenvalue weighted by molar-refractivity contribution is 5.92. The van der Waals surface area contributed by atoms with Crippen LogP contribution >= 0.6 is 0 Å². The molecule has 0 radical (unpaired) electrons. The molecule has 0 aliphatic carbocycles. The van der Waals surface area contributed by atoms with E-state index in [4.69, 9.17) is 5.11 Å². The molecule has 5 nitrogen and oxygen atoms in total. The molecule has 16 heavy (non-hydrogen) atoms. The monoisotopic (exact) mass is 226 g/mol. The lowest BCUT2D eigenvalue weighted by molar-refractivity contribution is -0.137. The van der Waals surface area contributed by atoms with Gasteiger partial charge in [0.05, 0.1) is 6.42 Å². The van der Waals surface area contributed by atoms with Crippen LogP contribution in [-0.4, -0.2) is 28.0 Å². The molecule has 0 saturated heterocycles. The largest absolute Gasteiger partial charge is 0.481 e. The van der Waals surface area contributed by atoms with E-state index >= 15 is 0 Å². The second-order valence-corrected chi connectivity index (χ2v) is 3.32. The number of nitrogens with zero attached hydrogens (tertiary/aromatic N) is 1. The van der Waals surface area contributed by atoms with E-state index in [1.165, 1.54) is 12.1 Å². The van der Waals surface area contributed by atoms with E-state index in [1.54, 1.807) is 6.92 Å². The van der Waals surface area contributed by atoms with Gasteiger partial charge in [-0.2, -0.15) is 4.39 Å². The van der Waals surface area contributed by atoms with Crippen LogP contribution in [0.2, 0.25) is 0 Å². The lowest BCUT2D eigenvalue weighted by Gasteiger charge is -2.10. The molecule has 0 aliphatic rings. The summed E-state index contributed by atoms with van der Waals surface area (Å²) in [6.45, 7) is 1.55. The molecule has 1 amide bonds. The summed E-state index contributed by atoms with van der Waals surface area (Å²) in [5.74, 6) is -2.35. The van der Waals surface area contributed by atoms with Crippen LogP contribution in [0.25, 0.3) is 0 Å². The summed E-state index contributed by atoms with van der Waals surface area (Å²) < 4.78 is 12.7. The van der Waals surface area contributed by atoms with Crippen molar-refractivity contribution in [2.24, 2.45) is 0 Å². The van der Waals surface area contributed by atoms with Crippen LogP contribution in [0.15, 0.2) is 18.2 Å². The number of aliphatic carboxylic acids is 1. The number of halogens is 1. The molecule has 1 rings (SSSR count). The minimum atomic E-state index is -1.01. The first-order valence-electron chi connectivity index (χ1n) is 4.64. The van der Waals surface area contributed by atoms with E-state index in [1.807, 2.05) is 0 Å². The Balaban J connectivity index is 2.62. The number of carboxylic acid groups (broad SMARTS) is 1. The Kier molecular flexibility index (Phi) is 3.93. The van der Waals surface area contributed by atoms with Crippen molar-refractivity contribution in [3.63, 3.8) is 0 Å². The standard InChI is InChI=1S/C10H11FN2O3/c1-6(5-9(14)15)12-10(16)7-3-2-4-8(11)13-7/h2-4,6H,5H2,1H3,(H,12,16)(H,14,15). The number of rotatable bonds is 4. The Hall–Kier alpha value is -1.98. The van der Waals surface area contributed by atoms with Crippen molar-refractivity contribution in [3.05, 3.63) is 29.8 Å². The zero-order valence-electron chi connectivity index (χ0n) is 8.61. The number of nitrogens with one attached hydrogen (secondary N) is 1. The van der Waals surface area contributed by atoms with Gasteiger partial charge in [0.15, 0.2) is 0 Å². The molecule has 0 aromatic carbocycles. The van der Waals surface area contributed by atoms with E-state index in [-0.39, 0.29) is 12.1 Å². The van der Waals surface area contributed by atoms with Gasteiger partial charge < -0.3 is 10.4 Å². The highest BCUT2D eigenvalue weighted by Gasteiger charge is 2.13. The van der Waals surface area contributed by atoms with Gasteiger partial charge in [0, 0.05) is 6.04 Å². The number of carbonyl (C=O) groups is 2. The van der Waals surface area contributed by atoms with Crippen molar-refractivity contribution in [2.45, 2.75) is 19.4 Å². The summed E-state index contributed by atoms with van der Waals surface area (Å²) in [6, 6.07) is 3.30. The van der Waals surface area contributed by atoms with Crippen molar-refractivity contribution in [3.8, 4) is 0 Å². The fraction of sp³-hybridized carbons (Fsp3) is 0.300. The summed E-state index contributed by atoms with van der Waals surface area (Å²) in [4.78, 5) is 25.2. The number of carbonyl (C=O) groups excluding carboxylic acids is 1. The van der Waals surface area contributed by atoms with Crippen molar-refractivity contribution in [1.29, 1.82) is 0 Å². The van der Waals surface area contributed by atoms with Gasteiger partial charge in [-0.15, -0.1) is 0 Å². The maximum atomic E-state index is 12.7. The summed E-state index contributed by atoms with van der Waals surface area (Å²) in [6.07, 6.45) is -0.193. The molecule has 1 unspecified atom stereocenters. The molecular weight excluding hydrogens is 215 g/mol. The maximum Gasteiger partial charge on any atom is 0.305 e. The topological polar surface area (TPSA) is 79.3 Å². The zero-order valence-corrected chi connectivity index (χ0v) is 8.61. The van der Waals surface area contributed by atoms with Gasteiger partial charge in [0.25, 0.3) is 5.91 Å². The Labute approximate surface area is 91.3 Å². The van der Waals surface area contributed by atoms with Crippen LogP contribution in [0.5, 0.6) is 0 Å². The van der Waals surface area contributed by atoms with Gasteiger partial charge in [0.2, 0.25) is 5.95 Å². The number of amides is 1. The van der Waals surface area contributed by atoms with Gasteiger partial charge in [-0.3, -0.25) is 9.59 Å². The Bertz CT molecular complexity index is 409. The van der Waals surface area contributed by atoms with Crippen LogP contribution in [0.1, 0.15) is 23.8 Å². The third-order valence-corrected chi connectivity index (χ3v) is 1.81. The van der Waals surface area contributed by atoms with E-state index in [2.05, 4.69) is 10.3 Å². The molecule has 86 valence electrons. The fourth-order valence-corrected chi connectivity index (χ4v) is 1.15. The molecule has 0 saturated carbocycles. The van der Waals surface area contributed by atoms with E-state index in [9.17, 15) is 14.0 Å². The second-order valence-electron chi connectivity index (χ2n) is 3.32. The van der Waals surface area contributed by atoms with Gasteiger partial charge in [0.1, 0.15) is 5.69 Å². The average molecular weight is 226 g/mol. The van der Waals surface area contributed by atoms with Crippen molar-refractivity contribution in [2.75, 3.05) is 0 Å². The van der Waals surface area contributed by atoms with Crippen molar-refractivity contribution in [1.82, 2.24) is 10.3 Å². The predicted molar refractivity (Wildman–Crippen MR) is 53.4 cm³/mol. The Morgan fingerprint density at radius 2 is 2.25 bits per heavy atom. The molecule has 0 bridgehead atoms. The first kappa shape index (κ1) is 12.1. The van der Waals surface area contributed by atoms with E-state index in [0.717, 1.165) is 6.07 Å². The Morgan fingerprint density at radius 3 is 2.81 bits per heavy atom. The number of hydrogen-bond acceptors (Lipinski definition) is 3. The van der Waals surface area contributed by atoms with Crippen molar-refractivity contribution >= 4 is 11.9 Å². The zero-order chi connectivity index (χ0) is 12.1. The molecule has 0 aliphatic heterocycles. The summed E-state index contributed by atoms with van der Waals surface area (Å²) in [5, 5.41) is 10.9. The van der Waals surface area contributed by atoms with E-state index < -0.39 is 23.9 Å². The summed E-state index contributed by atoms with van der Waals surface area (Å²) in [7, 11) is 0. The molecule has 1 aromatic rings. The van der Waals surface area contributed by atoms with Crippen LogP contribution in [0, 0.1) is 5.95 Å². The minimum absolute atomic E-state index is 0.0720. The SMILES string of the molecule is CC(CC(=O)O)NC(=O)c1cccc(F)n1. The average Bonchev–Trinajstić information content (AvgIpc) is 2.16. The molecular formula is C10H11FN2O3. The fourth-order valence-electron chi connectivity index (χ4n) is 1.15. The first-order chi connectivity index (χ1) is 7.49. The highest BCUT2D eigenvalue weighted by atomic mass is 19.1. The molecule has 2 N–H and O–H groups in total. The normalized spacial score (nSPS) is 11.9. The van der Waals surface area contributed by atoms with Crippen molar-refractivity contribution < 1.29 is 19.1 Å². The van der Waals surface area contributed by atoms with Gasteiger partial charge in [-0.1, -0.05) is 6.07 Å². The van der Waals surface area contributed by atoms with Crippen LogP contribution < -0.4 is 5.32 Å². The summed E-state index contributed by atoms with van der Waals surface area (Å²) in [5.41, 5.74) is -0.0720. The third kappa shape index (κ3) is 3.64. The number of carboxylic acids is 1. The molecule has 1 heterocycles. The third-order valence-electron chi connectivity index (χ3n) is 1.81. The lowest BCUT2D eigenvalue weighted by atomic mass is 10.2. The minimum Gasteiger partial charge on any atom is -0.481 e. The molecule has 0 fully saturated rings. The highest BCUT2D eigenvalue weighted by Crippen LogP contribution is 1.99. The van der Waals surface area contributed by atoms with Gasteiger partial charge in [-0.05, 0) is 19.1 Å². The molecule has 1 atom stereocenters. The van der Waals surface area contributed by atoms with Crippen LogP contribution in [-0.2, 0) is 4.79 Å². The number of hydrogen-bond donors (Lipinski definition) is 2. The van der Waals surface area contributed by atoms with Gasteiger partial charge >= 0.3 is 5.97 Å². The molecule has 1 aromatic heterocycles. The quantitative estimate of drug-likeness (QED) is 0.745. The number of aromatic nitrogens is 1. The molecule has 6 heteroatoms. The summed E-state index contributed by atoms with van der Waals surface area (Å²) >= 11 is 0. The van der Waals surface area contributed by atoms with Crippen LogP contribution in [0.4, 0.5) is 4.39 Å². The predicted octanol–water partition coefficient (Wildman–Crippen LogP) is 0.814. The lowest BCUT2D eigenvalue weighted by Crippen LogP contribution is -2.34. The number of pyridine rings is 1.